The number of piperidine rings is 1. The summed E-state index contributed by atoms with van der Waals surface area (Å²) in [5.74, 6) is 0. The van der Waals surface area contributed by atoms with Crippen LogP contribution in [0.4, 0.5) is 0 Å². The van der Waals surface area contributed by atoms with E-state index in [1.165, 1.54) is 0 Å². The molecule has 72 valence electrons. The van der Waals surface area contributed by atoms with Gasteiger partial charge in [0, 0.05) is 25.2 Å². The van der Waals surface area contributed by atoms with Crippen molar-refractivity contribution < 1.29 is 0 Å². The molecule has 3 nitrogen and oxygen atoms in total. The molecule has 1 saturated heterocycles. The van der Waals surface area contributed by atoms with Gasteiger partial charge in [-0.1, -0.05) is 0 Å². The maximum absolute atomic E-state index is 5.58. The smallest absolute Gasteiger partial charge is 0.0180 e. The predicted molar refractivity (Wildman–Crippen MR) is 64.4 cm³/mol. The van der Waals surface area contributed by atoms with Crippen LogP contribution in [0.2, 0.25) is 0 Å². The van der Waals surface area contributed by atoms with E-state index in [0.717, 1.165) is 19.5 Å². The van der Waals surface area contributed by atoms with Crippen LogP contribution in [-0.4, -0.2) is 25.2 Å². The Hall–Kier alpha value is 1.32. The highest BCUT2D eigenvalue weighted by atomic mass is 79.9. The van der Waals surface area contributed by atoms with E-state index < -0.39 is 0 Å². The molecule has 0 aromatic carbocycles. The highest BCUT2D eigenvalue weighted by Gasteiger charge is 2.13. The quantitative estimate of drug-likeness (QED) is 0.587. The fraction of sp³-hybridized carbons (Fsp3) is 1.00. The van der Waals surface area contributed by atoms with Gasteiger partial charge in [-0.15, -0.1) is 50.9 Å². The summed E-state index contributed by atoms with van der Waals surface area (Å²) in [6.45, 7) is 1.85. The number of hydrogen-bond donors (Lipinski definition) is 3. The number of nitrogens with one attached hydrogen (secondary N) is 1. The van der Waals surface area contributed by atoms with Gasteiger partial charge in [-0.25, -0.2) is 0 Å². The largest absolute Gasteiger partial charge is 0.326 e. The van der Waals surface area contributed by atoms with E-state index in [2.05, 4.69) is 5.32 Å². The fourth-order valence-electron chi connectivity index (χ4n) is 1.01. The first-order valence-corrected chi connectivity index (χ1v) is 3.01. The van der Waals surface area contributed by atoms with E-state index in [1.54, 1.807) is 0 Å². The molecule has 0 aromatic rings. The van der Waals surface area contributed by atoms with Gasteiger partial charge in [0.2, 0.25) is 0 Å². The SMILES string of the molecule is Br.Br.Br.NC1CNCC(N)C1. The van der Waals surface area contributed by atoms with Crippen LogP contribution in [-0.2, 0) is 0 Å². The number of halogens is 3. The second kappa shape index (κ2) is 9.41. The molecule has 11 heavy (non-hydrogen) atoms. The Kier molecular flexibility index (Phi) is 15.5. The normalized spacial score (nSPS) is 28.9. The van der Waals surface area contributed by atoms with Gasteiger partial charge in [-0.3, -0.25) is 0 Å². The minimum absolute atomic E-state index is 0. The summed E-state index contributed by atoms with van der Waals surface area (Å²) in [6.07, 6.45) is 0.965. The van der Waals surface area contributed by atoms with E-state index in [0.29, 0.717) is 0 Å². The van der Waals surface area contributed by atoms with Gasteiger partial charge < -0.3 is 16.8 Å². The van der Waals surface area contributed by atoms with Crippen LogP contribution in [0.15, 0.2) is 0 Å². The predicted octanol–water partition coefficient (Wildman–Crippen LogP) is 0.368. The first-order chi connectivity index (χ1) is 3.79. The Bertz CT molecular complexity index is 75.4. The Labute approximate surface area is 99.0 Å². The molecule has 2 unspecified atom stereocenters. The molecule has 1 aliphatic heterocycles. The standard InChI is InChI=1S/C5H13N3.3BrH/c6-4-1-5(7)3-8-2-4;;;/h4-5,8H,1-3,6-7H2;3*1H. The van der Waals surface area contributed by atoms with E-state index in [9.17, 15) is 0 Å². The summed E-state index contributed by atoms with van der Waals surface area (Å²) in [5, 5.41) is 3.13. The van der Waals surface area contributed by atoms with Crippen molar-refractivity contribution >= 4 is 50.9 Å². The van der Waals surface area contributed by atoms with Gasteiger partial charge in [0.25, 0.3) is 0 Å². The summed E-state index contributed by atoms with van der Waals surface area (Å²) < 4.78 is 0. The van der Waals surface area contributed by atoms with Crippen molar-refractivity contribution in [3.8, 4) is 0 Å². The van der Waals surface area contributed by atoms with Crippen molar-refractivity contribution in [1.82, 2.24) is 5.32 Å². The highest BCUT2D eigenvalue weighted by molar-refractivity contribution is 8.93. The zero-order valence-corrected chi connectivity index (χ0v) is 11.3. The van der Waals surface area contributed by atoms with Gasteiger partial charge >= 0.3 is 0 Å². The van der Waals surface area contributed by atoms with E-state index in [1.807, 2.05) is 0 Å². The van der Waals surface area contributed by atoms with Crippen molar-refractivity contribution in [2.45, 2.75) is 18.5 Å². The van der Waals surface area contributed by atoms with Crippen LogP contribution < -0.4 is 16.8 Å². The lowest BCUT2D eigenvalue weighted by Crippen LogP contribution is -2.49. The van der Waals surface area contributed by atoms with Gasteiger partial charge in [0.15, 0.2) is 0 Å². The minimum atomic E-state index is 0. The maximum atomic E-state index is 5.58. The summed E-state index contributed by atoms with van der Waals surface area (Å²) in [4.78, 5) is 0. The summed E-state index contributed by atoms with van der Waals surface area (Å²) in [6, 6.07) is 0.553. The zero-order chi connectivity index (χ0) is 5.98. The number of hydrogen-bond acceptors (Lipinski definition) is 3. The fourth-order valence-corrected chi connectivity index (χ4v) is 1.01. The molecule has 0 spiro atoms. The Morgan fingerprint density at radius 3 is 1.45 bits per heavy atom. The molecule has 0 amide bonds. The second-order valence-electron chi connectivity index (χ2n) is 2.41. The molecular weight excluding hydrogens is 342 g/mol. The summed E-state index contributed by atoms with van der Waals surface area (Å²) in [7, 11) is 0. The van der Waals surface area contributed by atoms with Crippen LogP contribution in [0.1, 0.15) is 6.42 Å². The second-order valence-corrected chi connectivity index (χ2v) is 2.41. The minimum Gasteiger partial charge on any atom is -0.326 e. The van der Waals surface area contributed by atoms with Crippen molar-refractivity contribution in [2.75, 3.05) is 13.1 Å². The molecule has 1 aliphatic rings. The molecular formula is C5H16Br3N3. The molecule has 1 heterocycles. The van der Waals surface area contributed by atoms with E-state index >= 15 is 0 Å². The summed E-state index contributed by atoms with van der Waals surface area (Å²) in [5.41, 5.74) is 11.2. The Morgan fingerprint density at radius 1 is 0.909 bits per heavy atom. The van der Waals surface area contributed by atoms with Crippen molar-refractivity contribution in [2.24, 2.45) is 11.5 Å². The first-order valence-electron chi connectivity index (χ1n) is 3.01. The average molecular weight is 358 g/mol. The van der Waals surface area contributed by atoms with Crippen LogP contribution in [0.25, 0.3) is 0 Å². The first kappa shape index (κ1) is 18.2. The van der Waals surface area contributed by atoms with Crippen LogP contribution in [0.3, 0.4) is 0 Å². The zero-order valence-electron chi connectivity index (χ0n) is 6.16. The van der Waals surface area contributed by atoms with Crippen molar-refractivity contribution in [3.63, 3.8) is 0 Å². The lowest BCUT2D eigenvalue weighted by Gasteiger charge is -2.24. The average Bonchev–Trinajstić information content (AvgIpc) is 1.64. The van der Waals surface area contributed by atoms with Gasteiger partial charge in [-0.2, -0.15) is 0 Å². The number of rotatable bonds is 0. The maximum Gasteiger partial charge on any atom is 0.0180 e. The molecule has 1 fully saturated rings. The molecule has 6 heteroatoms. The van der Waals surface area contributed by atoms with Gasteiger partial charge in [0.05, 0.1) is 0 Å². The van der Waals surface area contributed by atoms with Crippen LogP contribution in [0.5, 0.6) is 0 Å². The monoisotopic (exact) mass is 355 g/mol. The molecule has 5 N–H and O–H groups in total. The van der Waals surface area contributed by atoms with E-state index in [4.69, 9.17) is 11.5 Å². The Morgan fingerprint density at radius 2 is 1.27 bits per heavy atom. The molecule has 0 bridgehead atoms. The van der Waals surface area contributed by atoms with Crippen molar-refractivity contribution in [1.29, 1.82) is 0 Å². The Balaban J connectivity index is -0.000000213. The third-order valence-corrected chi connectivity index (χ3v) is 1.42. The molecule has 0 aliphatic carbocycles. The van der Waals surface area contributed by atoms with Gasteiger partial charge in [-0.05, 0) is 6.42 Å². The van der Waals surface area contributed by atoms with Crippen LogP contribution >= 0.6 is 50.9 Å². The third-order valence-electron chi connectivity index (χ3n) is 1.42. The van der Waals surface area contributed by atoms with Crippen molar-refractivity contribution in [3.05, 3.63) is 0 Å². The van der Waals surface area contributed by atoms with Crippen LogP contribution in [0, 0.1) is 0 Å². The molecule has 0 saturated carbocycles. The molecule has 2 atom stereocenters. The summed E-state index contributed by atoms with van der Waals surface area (Å²) >= 11 is 0. The number of nitrogens with two attached hydrogens (primary N) is 2. The molecule has 0 radical (unpaired) electrons. The molecule has 1 rings (SSSR count). The third kappa shape index (κ3) is 7.67. The lowest BCUT2D eigenvalue weighted by molar-refractivity contribution is 0.411. The highest BCUT2D eigenvalue weighted by Crippen LogP contribution is 1.95. The van der Waals surface area contributed by atoms with Gasteiger partial charge in [0.1, 0.15) is 0 Å². The van der Waals surface area contributed by atoms with E-state index in [-0.39, 0.29) is 63.0 Å². The topological polar surface area (TPSA) is 64.1 Å². The molecule has 0 aromatic heterocycles. The lowest BCUT2D eigenvalue weighted by atomic mass is 10.1.